The van der Waals surface area contributed by atoms with Crippen LogP contribution in [-0.2, 0) is 4.79 Å². The number of carbonyl (C=O) groups is 1. The molecule has 1 saturated carbocycles. The predicted molar refractivity (Wildman–Crippen MR) is 59.5 cm³/mol. The summed E-state index contributed by atoms with van der Waals surface area (Å²) in [6, 6.07) is -0.138. The van der Waals surface area contributed by atoms with E-state index in [0.29, 0.717) is 6.04 Å². The van der Waals surface area contributed by atoms with Crippen molar-refractivity contribution in [3.63, 3.8) is 0 Å². The van der Waals surface area contributed by atoms with Crippen LogP contribution in [0.4, 0.5) is 0 Å². The standard InChI is InChI=1S/C10H19NO2S/c1-7(12)9(10(13)14)11-8-5-3-2-4-6-8/h7-9,11-12H,2-6H2,1H3,(H,13,14)/t7-,9+/m1/s1. The maximum Gasteiger partial charge on any atom is 0.205 e. The molecule has 1 rings (SSSR count). The SMILES string of the molecule is C[C@@H](O)[C@H](NC1CCCCC1)C(=O)S. The Bertz CT molecular complexity index is 191. The molecule has 1 fully saturated rings. The predicted octanol–water partition coefficient (Wildman–Crippen LogP) is 1.11. The fraction of sp³-hybridized carbons (Fsp3) is 0.900. The largest absolute Gasteiger partial charge is 0.391 e. The van der Waals surface area contributed by atoms with Crippen molar-refractivity contribution in [2.45, 2.75) is 57.2 Å². The fourth-order valence-corrected chi connectivity index (χ4v) is 2.23. The summed E-state index contributed by atoms with van der Waals surface area (Å²) in [6.45, 7) is 1.62. The molecule has 0 aromatic rings. The number of rotatable bonds is 4. The van der Waals surface area contributed by atoms with E-state index >= 15 is 0 Å². The summed E-state index contributed by atoms with van der Waals surface area (Å²) in [4.78, 5) is 11.1. The van der Waals surface area contributed by atoms with E-state index in [9.17, 15) is 9.90 Å². The van der Waals surface area contributed by atoms with Gasteiger partial charge in [-0.25, -0.2) is 0 Å². The first-order valence-corrected chi connectivity index (χ1v) is 5.73. The lowest BCUT2D eigenvalue weighted by Crippen LogP contribution is -2.48. The smallest absolute Gasteiger partial charge is 0.205 e. The van der Waals surface area contributed by atoms with Gasteiger partial charge in [-0.2, -0.15) is 0 Å². The molecule has 1 aliphatic rings. The van der Waals surface area contributed by atoms with Crippen LogP contribution in [-0.4, -0.2) is 28.4 Å². The highest BCUT2D eigenvalue weighted by molar-refractivity contribution is 7.96. The molecule has 1 aliphatic carbocycles. The van der Waals surface area contributed by atoms with E-state index in [-0.39, 0.29) is 5.12 Å². The van der Waals surface area contributed by atoms with Crippen molar-refractivity contribution in [1.82, 2.24) is 5.32 Å². The molecule has 0 aliphatic heterocycles. The maximum atomic E-state index is 11.1. The first-order chi connectivity index (χ1) is 6.61. The van der Waals surface area contributed by atoms with Gasteiger partial charge in [0.05, 0.1) is 6.10 Å². The summed E-state index contributed by atoms with van der Waals surface area (Å²) >= 11 is 3.77. The number of aliphatic hydroxyl groups excluding tert-OH is 1. The molecule has 82 valence electrons. The van der Waals surface area contributed by atoms with E-state index in [1.54, 1.807) is 6.92 Å². The lowest BCUT2D eigenvalue weighted by atomic mass is 9.94. The van der Waals surface area contributed by atoms with Crippen LogP contribution in [0.15, 0.2) is 0 Å². The van der Waals surface area contributed by atoms with E-state index < -0.39 is 12.1 Å². The van der Waals surface area contributed by atoms with Gasteiger partial charge in [0.2, 0.25) is 5.12 Å². The molecule has 2 N–H and O–H groups in total. The minimum absolute atomic E-state index is 0.273. The molecule has 3 nitrogen and oxygen atoms in total. The van der Waals surface area contributed by atoms with Gasteiger partial charge in [0.25, 0.3) is 0 Å². The van der Waals surface area contributed by atoms with Gasteiger partial charge in [0.1, 0.15) is 6.04 Å². The summed E-state index contributed by atoms with van der Waals surface area (Å²) in [6.07, 6.45) is 5.25. The number of carbonyl (C=O) groups excluding carboxylic acids is 1. The average Bonchev–Trinajstić information content (AvgIpc) is 2.15. The van der Waals surface area contributed by atoms with E-state index in [2.05, 4.69) is 17.9 Å². The van der Waals surface area contributed by atoms with Gasteiger partial charge >= 0.3 is 0 Å². The highest BCUT2D eigenvalue weighted by Crippen LogP contribution is 2.18. The van der Waals surface area contributed by atoms with E-state index in [1.165, 1.54) is 19.3 Å². The lowest BCUT2D eigenvalue weighted by molar-refractivity contribution is -0.115. The van der Waals surface area contributed by atoms with Gasteiger partial charge in [-0.3, -0.25) is 4.79 Å². The number of aliphatic hydroxyl groups is 1. The summed E-state index contributed by atoms with van der Waals surface area (Å²) in [5, 5.41) is 12.3. The van der Waals surface area contributed by atoms with Crippen LogP contribution in [0.25, 0.3) is 0 Å². The van der Waals surface area contributed by atoms with Crippen molar-refractivity contribution in [3.8, 4) is 0 Å². The molecule has 0 aromatic carbocycles. The number of nitrogens with one attached hydrogen (secondary N) is 1. The Morgan fingerprint density at radius 1 is 1.43 bits per heavy atom. The molecule has 0 aromatic heterocycles. The molecule has 0 heterocycles. The van der Waals surface area contributed by atoms with Crippen molar-refractivity contribution >= 4 is 17.7 Å². The molecule has 0 amide bonds. The second-order valence-electron chi connectivity index (χ2n) is 4.06. The summed E-state index contributed by atoms with van der Waals surface area (Å²) in [5.74, 6) is 0. The fourth-order valence-electron chi connectivity index (χ4n) is 1.94. The van der Waals surface area contributed by atoms with Gasteiger partial charge < -0.3 is 10.4 Å². The van der Waals surface area contributed by atoms with Crippen molar-refractivity contribution in [2.75, 3.05) is 0 Å². The van der Waals surface area contributed by atoms with Crippen LogP contribution in [0.2, 0.25) is 0 Å². The molecule has 14 heavy (non-hydrogen) atoms. The first-order valence-electron chi connectivity index (χ1n) is 5.28. The second-order valence-corrected chi connectivity index (χ2v) is 4.50. The topological polar surface area (TPSA) is 49.3 Å². The minimum atomic E-state index is -0.665. The molecular weight excluding hydrogens is 198 g/mol. The van der Waals surface area contributed by atoms with Crippen LogP contribution in [0.1, 0.15) is 39.0 Å². The Labute approximate surface area is 90.7 Å². The summed E-state index contributed by atoms with van der Waals surface area (Å²) in [5.41, 5.74) is 0. The van der Waals surface area contributed by atoms with Gasteiger partial charge in [0, 0.05) is 6.04 Å². The zero-order valence-electron chi connectivity index (χ0n) is 8.57. The van der Waals surface area contributed by atoms with Crippen molar-refractivity contribution in [1.29, 1.82) is 0 Å². The third-order valence-electron chi connectivity index (χ3n) is 2.77. The Balaban J connectivity index is 2.41. The lowest BCUT2D eigenvalue weighted by Gasteiger charge is -2.28. The highest BCUT2D eigenvalue weighted by Gasteiger charge is 2.24. The highest BCUT2D eigenvalue weighted by atomic mass is 32.1. The van der Waals surface area contributed by atoms with Crippen molar-refractivity contribution < 1.29 is 9.90 Å². The van der Waals surface area contributed by atoms with Gasteiger partial charge in [-0.1, -0.05) is 19.3 Å². The van der Waals surface area contributed by atoms with Crippen LogP contribution < -0.4 is 5.32 Å². The number of thiol groups is 1. The van der Waals surface area contributed by atoms with E-state index in [4.69, 9.17) is 0 Å². The third kappa shape index (κ3) is 3.59. The van der Waals surface area contributed by atoms with Crippen LogP contribution >= 0.6 is 12.6 Å². The molecule has 0 unspecified atom stereocenters. The third-order valence-corrected chi connectivity index (χ3v) is 3.05. The van der Waals surface area contributed by atoms with E-state index in [1.807, 2.05) is 0 Å². The summed E-state index contributed by atoms with van der Waals surface area (Å²) < 4.78 is 0. The molecule has 0 bridgehead atoms. The zero-order chi connectivity index (χ0) is 10.6. The van der Waals surface area contributed by atoms with Crippen LogP contribution in [0.3, 0.4) is 0 Å². The number of hydrogen-bond donors (Lipinski definition) is 3. The van der Waals surface area contributed by atoms with Gasteiger partial charge in [-0.15, -0.1) is 12.6 Å². The molecule has 2 atom stereocenters. The number of hydrogen-bond acceptors (Lipinski definition) is 3. The Hall–Kier alpha value is -0.0600. The van der Waals surface area contributed by atoms with Crippen LogP contribution in [0.5, 0.6) is 0 Å². The van der Waals surface area contributed by atoms with Gasteiger partial charge in [-0.05, 0) is 19.8 Å². The zero-order valence-corrected chi connectivity index (χ0v) is 9.46. The molecular formula is C10H19NO2S. The molecule has 0 spiro atoms. The van der Waals surface area contributed by atoms with Crippen molar-refractivity contribution in [2.24, 2.45) is 0 Å². The molecule has 4 heteroatoms. The molecule has 0 radical (unpaired) electrons. The minimum Gasteiger partial charge on any atom is -0.391 e. The van der Waals surface area contributed by atoms with E-state index in [0.717, 1.165) is 12.8 Å². The second kappa shape index (κ2) is 5.73. The summed E-state index contributed by atoms with van der Waals surface area (Å²) in [7, 11) is 0. The quantitative estimate of drug-likeness (QED) is 0.618. The van der Waals surface area contributed by atoms with Gasteiger partial charge in [0.15, 0.2) is 0 Å². The monoisotopic (exact) mass is 217 g/mol. The average molecular weight is 217 g/mol. The first kappa shape index (κ1) is 12.0. The van der Waals surface area contributed by atoms with Crippen molar-refractivity contribution in [3.05, 3.63) is 0 Å². The Morgan fingerprint density at radius 2 is 2.00 bits per heavy atom. The van der Waals surface area contributed by atoms with Crippen LogP contribution in [0, 0.1) is 0 Å². The normalized spacial score (nSPS) is 23.1. The Morgan fingerprint density at radius 3 is 2.43 bits per heavy atom. The maximum absolute atomic E-state index is 11.1. The molecule has 0 saturated heterocycles. The Kier molecular flexibility index (Phi) is 4.92.